The summed E-state index contributed by atoms with van der Waals surface area (Å²) >= 11 is 1.27. The van der Waals surface area contributed by atoms with E-state index < -0.39 is 0 Å². The fourth-order valence-electron chi connectivity index (χ4n) is 1.75. The zero-order chi connectivity index (χ0) is 13.1. The Labute approximate surface area is 113 Å². The normalized spacial score (nSPS) is 10.3. The van der Waals surface area contributed by atoms with Crippen LogP contribution in [-0.4, -0.2) is 16.2 Å². The smallest absolute Gasteiger partial charge is 0.308 e. The number of fused-ring (bicyclic) bond motifs is 1. The summed E-state index contributed by atoms with van der Waals surface area (Å²) in [5.74, 6) is 0. The zero-order valence-electron chi connectivity index (χ0n) is 9.83. The maximum absolute atomic E-state index is 11.7. The van der Waals surface area contributed by atoms with Crippen LogP contribution < -0.4 is 10.6 Å². The molecular weight excluding hydrogens is 260 g/mol. The third-order valence-electron chi connectivity index (χ3n) is 2.59. The molecule has 2 aromatic carbocycles. The second-order valence-corrected chi connectivity index (χ2v) is 4.72. The van der Waals surface area contributed by atoms with E-state index in [2.05, 4.69) is 20.8 Å². The van der Waals surface area contributed by atoms with E-state index in [1.165, 1.54) is 11.3 Å². The Morgan fingerprint density at radius 2 is 1.89 bits per heavy atom. The van der Waals surface area contributed by atoms with Gasteiger partial charge in [-0.25, -0.2) is 4.79 Å². The van der Waals surface area contributed by atoms with Crippen molar-refractivity contribution in [3.05, 3.63) is 48.0 Å². The largest absolute Gasteiger partial charge is 0.325 e. The van der Waals surface area contributed by atoms with Crippen LogP contribution in [0.2, 0.25) is 0 Å². The fourth-order valence-corrected chi connectivity index (χ4v) is 2.19. The molecule has 6 heteroatoms. The minimum Gasteiger partial charge on any atom is -0.308 e. The lowest BCUT2D eigenvalue weighted by atomic mass is 10.1. The number of urea groups is 1. The monoisotopic (exact) mass is 270 g/mol. The SMILES string of the molecule is O=C(Nc1ccc2ccccc2c1)Nc1nncs1. The molecular formula is C13H10N4OS. The first-order valence-electron chi connectivity index (χ1n) is 5.64. The minimum atomic E-state index is -0.327. The fraction of sp³-hybridized carbons (Fsp3) is 0. The highest BCUT2D eigenvalue weighted by Gasteiger charge is 2.05. The lowest BCUT2D eigenvalue weighted by Crippen LogP contribution is -2.19. The number of hydrogen-bond donors (Lipinski definition) is 2. The Morgan fingerprint density at radius 3 is 2.68 bits per heavy atom. The molecule has 0 aliphatic heterocycles. The summed E-state index contributed by atoms with van der Waals surface area (Å²) in [7, 11) is 0. The number of rotatable bonds is 2. The van der Waals surface area contributed by atoms with Gasteiger partial charge in [-0.15, -0.1) is 10.2 Å². The first-order chi connectivity index (χ1) is 9.31. The summed E-state index contributed by atoms with van der Waals surface area (Å²) in [6, 6.07) is 13.4. The lowest BCUT2D eigenvalue weighted by Gasteiger charge is -2.06. The lowest BCUT2D eigenvalue weighted by molar-refractivity contribution is 0.262. The second-order valence-electron chi connectivity index (χ2n) is 3.88. The molecule has 0 aliphatic carbocycles. The third kappa shape index (κ3) is 2.69. The van der Waals surface area contributed by atoms with Gasteiger partial charge in [0.15, 0.2) is 0 Å². The predicted octanol–water partition coefficient (Wildman–Crippen LogP) is 3.34. The summed E-state index contributed by atoms with van der Waals surface area (Å²) in [4.78, 5) is 11.7. The number of hydrogen-bond acceptors (Lipinski definition) is 4. The Balaban J connectivity index is 1.75. The van der Waals surface area contributed by atoms with Crippen molar-refractivity contribution in [1.29, 1.82) is 0 Å². The molecule has 0 bridgehead atoms. The van der Waals surface area contributed by atoms with E-state index in [0.29, 0.717) is 5.13 Å². The van der Waals surface area contributed by atoms with Crippen LogP contribution in [0.3, 0.4) is 0 Å². The van der Waals surface area contributed by atoms with Crippen molar-refractivity contribution in [2.24, 2.45) is 0 Å². The number of amides is 2. The van der Waals surface area contributed by atoms with Crippen LogP contribution in [0.1, 0.15) is 0 Å². The number of anilines is 2. The third-order valence-corrected chi connectivity index (χ3v) is 3.19. The van der Waals surface area contributed by atoms with Gasteiger partial charge >= 0.3 is 6.03 Å². The first kappa shape index (κ1) is 11.6. The van der Waals surface area contributed by atoms with Gasteiger partial charge in [-0.05, 0) is 22.9 Å². The number of carbonyl (C=O) groups is 1. The van der Waals surface area contributed by atoms with Crippen molar-refractivity contribution in [2.45, 2.75) is 0 Å². The summed E-state index contributed by atoms with van der Waals surface area (Å²) in [5, 5.41) is 15.5. The average molecular weight is 270 g/mol. The molecule has 19 heavy (non-hydrogen) atoms. The Morgan fingerprint density at radius 1 is 1.05 bits per heavy atom. The topological polar surface area (TPSA) is 66.9 Å². The van der Waals surface area contributed by atoms with E-state index in [-0.39, 0.29) is 6.03 Å². The van der Waals surface area contributed by atoms with Crippen molar-refractivity contribution in [2.75, 3.05) is 10.6 Å². The quantitative estimate of drug-likeness (QED) is 0.750. The van der Waals surface area contributed by atoms with Gasteiger partial charge < -0.3 is 5.32 Å². The molecule has 2 N–H and O–H groups in total. The van der Waals surface area contributed by atoms with E-state index >= 15 is 0 Å². The molecule has 2 amide bonds. The molecule has 0 saturated carbocycles. The molecule has 1 heterocycles. The van der Waals surface area contributed by atoms with Gasteiger partial charge in [-0.2, -0.15) is 0 Å². The van der Waals surface area contributed by atoms with Gasteiger partial charge in [0.1, 0.15) is 5.51 Å². The number of nitrogens with one attached hydrogen (secondary N) is 2. The first-order valence-corrected chi connectivity index (χ1v) is 6.52. The molecule has 0 spiro atoms. The van der Waals surface area contributed by atoms with Crippen LogP contribution in [0.4, 0.5) is 15.6 Å². The van der Waals surface area contributed by atoms with E-state index in [1.54, 1.807) is 5.51 Å². The van der Waals surface area contributed by atoms with Gasteiger partial charge in [-0.1, -0.05) is 41.7 Å². The summed E-state index contributed by atoms with van der Waals surface area (Å²) in [6.07, 6.45) is 0. The van der Waals surface area contributed by atoms with Crippen molar-refractivity contribution in [1.82, 2.24) is 10.2 Å². The highest BCUT2D eigenvalue weighted by molar-refractivity contribution is 7.13. The standard InChI is InChI=1S/C13H10N4OS/c18-12(16-13-17-14-8-19-13)15-11-6-5-9-3-1-2-4-10(9)7-11/h1-8H,(H2,15,16,17,18). The molecule has 5 nitrogen and oxygen atoms in total. The molecule has 3 rings (SSSR count). The summed E-state index contributed by atoms with van der Waals surface area (Å²) < 4.78 is 0. The van der Waals surface area contributed by atoms with Crippen molar-refractivity contribution < 1.29 is 4.79 Å². The molecule has 0 atom stereocenters. The minimum absolute atomic E-state index is 0.327. The summed E-state index contributed by atoms with van der Waals surface area (Å²) in [5.41, 5.74) is 2.30. The van der Waals surface area contributed by atoms with Crippen LogP contribution in [0, 0.1) is 0 Å². The Hall–Kier alpha value is -2.47. The summed E-state index contributed by atoms with van der Waals surface area (Å²) in [6.45, 7) is 0. The van der Waals surface area contributed by atoms with Crippen LogP contribution in [0.25, 0.3) is 10.8 Å². The van der Waals surface area contributed by atoms with Crippen LogP contribution in [-0.2, 0) is 0 Å². The molecule has 0 fully saturated rings. The zero-order valence-corrected chi connectivity index (χ0v) is 10.6. The van der Waals surface area contributed by atoms with Gasteiger partial charge in [-0.3, -0.25) is 5.32 Å². The van der Waals surface area contributed by atoms with Crippen molar-refractivity contribution in [3.8, 4) is 0 Å². The van der Waals surface area contributed by atoms with Crippen LogP contribution in [0.15, 0.2) is 48.0 Å². The molecule has 0 saturated heterocycles. The van der Waals surface area contributed by atoms with Crippen LogP contribution >= 0.6 is 11.3 Å². The van der Waals surface area contributed by atoms with Crippen LogP contribution in [0.5, 0.6) is 0 Å². The number of benzene rings is 2. The molecule has 3 aromatic rings. The van der Waals surface area contributed by atoms with E-state index in [1.807, 2.05) is 42.5 Å². The second kappa shape index (κ2) is 5.03. The Kier molecular flexibility index (Phi) is 3.07. The highest BCUT2D eigenvalue weighted by Crippen LogP contribution is 2.19. The maximum atomic E-state index is 11.7. The van der Waals surface area contributed by atoms with Crippen molar-refractivity contribution >= 4 is 39.0 Å². The molecule has 1 aromatic heterocycles. The molecule has 0 aliphatic rings. The van der Waals surface area contributed by atoms with Crippen molar-refractivity contribution in [3.63, 3.8) is 0 Å². The Bertz CT molecular complexity index is 711. The number of aromatic nitrogens is 2. The van der Waals surface area contributed by atoms with E-state index in [9.17, 15) is 4.79 Å². The van der Waals surface area contributed by atoms with Gasteiger partial charge in [0, 0.05) is 5.69 Å². The maximum Gasteiger partial charge on any atom is 0.325 e. The highest BCUT2D eigenvalue weighted by atomic mass is 32.1. The van der Waals surface area contributed by atoms with Gasteiger partial charge in [0.25, 0.3) is 0 Å². The molecule has 94 valence electrons. The molecule has 0 unspecified atom stereocenters. The number of carbonyl (C=O) groups excluding carboxylic acids is 1. The van der Waals surface area contributed by atoms with Gasteiger partial charge in [0.2, 0.25) is 5.13 Å². The average Bonchev–Trinajstić information content (AvgIpc) is 2.91. The van der Waals surface area contributed by atoms with E-state index in [0.717, 1.165) is 16.5 Å². The van der Waals surface area contributed by atoms with Gasteiger partial charge in [0.05, 0.1) is 0 Å². The number of nitrogens with zero attached hydrogens (tertiary/aromatic N) is 2. The predicted molar refractivity (Wildman–Crippen MR) is 76.5 cm³/mol. The molecule has 0 radical (unpaired) electrons. The van der Waals surface area contributed by atoms with E-state index in [4.69, 9.17) is 0 Å².